The maximum absolute atomic E-state index is 6.32. The van der Waals surface area contributed by atoms with Crippen LogP contribution in [0.25, 0.3) is 10.2 Å². The van der Waals surface area contributed by atoms with Crippen molar-refractivity contribution in [3.8, 4) is 0 Å². The Balaban J connectivity index is 1.70. The van der Waals surface area contributed by atoms with Gasteiger partial charge in [0, 0.05) is 25.3 Å². The third-order valence-electron chi connectivity index (χ3n) is 4.53. The van der Waals surface area contributed by atoms with Gasteiger partial charge in [-0.15, -0.1) is 11.3 Å². The largest absolute Gasteiger partial charge is 0.380 e. The predicted octanol–water partition coefficient (Wildman–Crippen LogP) is 5.35. The molecule has 0 saturated carbocycles. The summed E-state index contributed by atoms with van der Waals surface area (Å²) in [5.41, 5.74) is 9.47. The monoisotopic (exact) mass is 499 g/mol. The first-order valence-corrected chi connectivity index (χ1v) is 10.8. The lowest BCUT2D eigenvalue weighted by Crippen LogP contribution is -2.34. The molecule has 0 amide bonds. The van der Waals surface area contributed by atoms with Crippen molar-refractivity contribution in [2.24, 2.45) is 5.73 Å². The van der Waals surface area contributed by atoms with E-state index in [0.717, 1.165) is 50.3 Å². The van der Waals surface area contributed by atoms with Crippen molar-refractivity contribution in [2.45, 2.75) is 31.5 Å². The number of anilines is 1. The van der Waals surface area contributed by atoms with Gasteiger partial charge in [-0.1, -0.05) is 41.9 Å². The van der Waals surface area contributed by atoms with Gasteiger partial charge in [0.2, 0.25) is 0 Å². The third kappa shape index (κ3) is 3.71. The summed E-state index contributed by atoms with van der Waals surface area (Å²) in [6.45, 7) is 1.50. The van der Waals surface area contributed by atoms with Crippen LogP contribution in [0.3, 0.4) is 0 Å². The number of pyridine rings is 1. The van der Waals surface area contributed by atoms with Crippen LogP contribution in [-0.2, 0) is 11.3 Å². The molecule has 0 aliphatic carbocycles. The van der Waals surface area contributed by atoms with Crippen molar-refractivity contribution in [1.82, 2.24) is 4.98 Å². The van der Waals surface area contributed by atoms with E-state index in [-0.39, 0.29) is 12.1 Å². The molecule has 0 bridgehead atoms. The van der Waals surface area contributed by atoms with E-state index in [2.05, 4.69) is 45.0 Å². The summed E-state index contributed by atoms with van der Waals surface area (Å²) in [4.78, 5) is 5.72. The lowest BCUT2D eigenvalue weighted by molar-refractivity contribution is 0.00196. The number of fused-ring (bicyclic) bond motifs is 1. The molecular weight excluding hydrogens is 481 g/mol. The second kappa shape index (κ2) is 7.98. The molecule has 1 aromatic carbocycles. The molecule has 1 fully saturated rings. The van der Waals surface area contributed by atoms with E-state index >= 15 is 0 Å². The minimum atomic E-state index is -0.0596. The highest BCUT2D eigenvalue weighted by atomic mass is 127. The summed E-state index contributed by atoms with van der Waals surface area (Å²) in [6.07, 6.45) is 1.95. The number of benzene rings is 1. The molecule has 1 aliphatic heterocycles. The fourth-order valence-corrected chi connectivity index (χ4v) is 5.86. The zero-order valence-electron chi connectivity index (χ0n) is 14.0. The number of hydrogen-bond donors (Lipinski definition) is 2. The smallest absolute Gasteiger partial charge is 0.131 e. The van der Waals surface area contributed by atoms with Gasteiger partial charge in [-0.05, 0) is 41.0 Å². The van der Waals surface area contributed by atoms with Crippen LogP contribution in [0.5, 0.6) is 0 Å². The van der Waals surface area contributed by atoms with Crippen LogP contribution < -0.4 is 11.1 Å². The maximum Gasteiger partial charge on any atom is 0.131 e. The molecule has 136 valence electrons. The summed E-state index contributed by atoms with van der Waals surface area (Å²) >= 11 is 10.3. The molecule has 3 aromatic rings. The zero-order chi connectivity index (χ0) is 18.1. The molecule has 2 aromatic heterocycles. The Morgan fingerprint density at radius 2 is 2.15 bits per heavy atom. The van der Waals surface area contributed by atoms with E-state index in [1.807, 2.05) is 24.3 Å². The first-order valence-electron chi connectivity index (χ1n) is 8.57. The summed E-state index contributed by atoms with van der Waals surface area (Å²) < 4.78 is 8.18. The number of rotatable bonds is 4. The lowest BCUT2D eigenvalue weighted by atomic mass is 10.0. The van der Waals surface area contributed by atoms with Gasteiger partial charge >= 0.3 is 0 Å². The molecule has 0 radical (unpaired) electrons. The number of ether oxygens (including phenoxy) is 1. The fraction of sp³-hybridized carbons (Fsp3) is 0.316. The van der Waals surface area contributed by atoms with Gasteiger partial charge in [-0.3, -0.25) is 0 Å². The molecule has 26 heavy (non-hydrogen) atoms. The van der Waals surface area contributed by atoms with Gasteiger partial charge in [0.05, 0.1) is 24.4 Å². The molecule has 1 saturated heterocycles. The molecule has 7 heteroatoms. The highest BCUT2D eigenvalue weighted by molar-refractivity contribution is 14.1. The number of nitrogens with zero attached hydrogens (tertiary/aromatic N) is 1. The first-order chi connectivity index (χ1) is 12.6. The first kappa shape index (κ1) is 18.4. The van der Waals surface area contributed by atoms with E-state index in [9.17, 15) is 0 Å². The van der Waals surface area contributed by atoms with Crippen molar-refractivity contribution in [2.75, 3.05) is 11.9 Å². The Labute approximate surface area is 175 Å². The number of aromatic nitrogens is 1. The molecule has 3 heterocycles. The van der Waals surface area contributed by atoms with Gasteiger partial charge in [0.25, 0.3) is 0 Å². The molecule has 0 unspecified atom stereocenters. The molecule has 1 aliphatic rings. The maximum atomic E-state index is 6.32. The summed E-state index contributed by atoms with van der Waals surface area (Å²) in [7, 11) is 0. The van der Waals surface area contributed by atoms with Crippen LogP contribution in [0, 0.1) is 3.57 Å². The molecular formula is C19H19ClIN3OS. The number of nitrogens with one attached hydrogen (secondary N) is 1. The van der Waals surface area contributed by atoms with Crippen LogP contribution in [0.4, 0.5) is 5.69 Å². The average molecular weight is 500 g/mol. The fourth-order valence-electron chi connectivity index (χ4n) is 3.21. The third-order valence-corrected chi connectivity index (χ3v) is 7.46. The Hall–Kier alpha value is -0.930. The topological polar surface area (TPSA) is 60.2 Å². The molecule has 0 spiro atoms. The zero-order valence-corrected chi connectivity index (χ0v) is 17.8. The van der Waals surface area contributed by atoms with Crippen LogP contribution in [0.2, 0.25) is 5.15 Å². The van der Waals surface area contributed by atoms with Crippen LogP contribution in [-0.4, -0.2) is 17.6 Å². The standard InChI is InChI=1S/C19H19ClIN3OS/c20-14-9-13(23-10-11-5-2-1-3-6-11)18-16(24-14)15(21)19(26-18)17-12(22)7-4-8-25-17/h1-3,5-6,9,12,17H,4,7-8,10,22H2,(H,23,24)/t12-,17-/m1/s1. The highest BCUT2D eigenvalue weighted by Crippen LogP contribution is 2.43. The number of hydrogen-bond acceptors (Lipinski definition) is 5. The Bertz CT molecular complexity index is 918. The minimum Gasteiger partial charge on any atom is -0.380 e. The summed E-state index contributed by atoms with van der Waals surface area (Å²) in [5, 5.41) is 4.00. The van der Waals surface area contributed by atoms with Gasteiger partial charge in [-0.2, -0.15) is 0 Å². The van der Waals surface area contributed by atoms with Crippen molar-refractivity contribution in [1.29, 1.82) is 0 Å². The minimum absolute atomic E-state index is 0.0292. The van der Waals surface area contributed by atoms with Crippen LogP contribution >= 0.6 is 45.5 Å². The van der Waals surface area contributed by atoms with Crippen molar-refractivity contribution >= 4 is 61.4 Å². The Kier molecular flexibility index (Phi) is 5.66. The molecule has 4 nitrogen and oxygen atoms in total. The van der Waals surface area contributed by atoms with Crippen molar-refractivity contribution in [3.05, 3.63) is 55.6 Å². The van der Waals surface area contributed by atoms with Gasteiger partial charge in [-0.25, -0.2) is 4.98 Å². The second-order valence-corrected chi connectivity index (χ2v) is 8.91. The van der Waals surface area contributed by atoms with E-state index in [4.69, 9.17) is 22.1 Å². The normalized spacial score (nSPS) is 20.4. The van der Waals surface area contributed by atoms with Crippen LogP contribution in [0.1, 0.15) is 29.4 Å². The summed E-state index contributed by atoms with van der Waals surface area (Å²) in [5.74, 6) is 0. The van der Waals surface area contributed by atoms with E-state index < -0.39 is 0 Å². The molecule has 2 atom stereocenters. The quantitative estimate of drug-likeness (QED) is 0.375. The van der Waals surface area contributed by atoms with E-state index in [1.165, 1.54) is 5.56 Å². The number of nitrogens with two attached hydrogens (primary N) is 1. The molecule has 3 N–H and O–H groups in total. The predicted molar refractivity (Wildman–Crippen MR) is 117 cm³/mol. The SMILES string of the molecule is N[C@@H]1CCCO[C@H]1c1sc2c(NCc3ccccc3)cc(Cl)nc2c1I. The second-order valence-electron chi connectivity index (χ2n) is 6.39. The molecule has 4 rings (SSSR count). The van der Waals surface area contributed by atoms with Gasteiger partial charge < -0.3 is 15.8 Å². The van der Waals surface area contributed by atoms with E-state index in [0.29, 0.717) is 5.15 Å². The average Bonchev–Trinajstić information content (AvgIpc) is 2.98. The van der Waals surface area contributed by atoms with Gasteiger partial charge in [0.15, 0.2) is 0 Å². The lowest BCUT2D eigenvalue weighted by Gasteiger charge is -2.28. The Morgan fingerprint density at radius 1 is 1.35 bits per heavy atom. The van der Waals surface area contributed by atoms with E-state index in [1.54, 1.807) is 11.3 Å². The van der Waals surface area contributed by atoms with Gasteiger partial charge in [0.1, 0.15) is 11.3 Å². The number of thiophene rings is 1. The number of halogens is 2. The van der Waals surface area contributed by atoms with Crippen molar-refractivity contribution < 1.29 is 4.74 Å². The van der Waals surface area contributed by atoms with Crippen molar-refractivity contribution in [3.63, 3.8) is 0 Å². The highest BCUT2D eigenvalue weighted by Gasteiger charge is 2.29. The van der Waals surface area contributed by atoms with Crippen LogP contribution in [0.15, 0.2) is 36.4 Å². The Morgan fingerprint density at radius 3 is 2.92 bits per heavy atom. The summed E-state index contributed by atoms with van der Waals surface area (Å²) in [6, 6.07) is 12.2.